The van der Waals surface area contributed by atoms with E-state index in [1.165, 1.54) is 0 Å². The van der Waals surface area contributed by atoms with Gasteiger partial charge in [0.2, 0.25) is 0 Å². The van der Waals surface area contributed by atoms with Crippen molar-refractivity contribution in [2.75, 3.05) is 6.61 Å². The van der Waals surface area contributed by atoms with E-state index in [1.807, 2.05) is 19.9 Å². The highest BCUT2D eigenvalue weighted by atomic mass is 16.5. The number of ether oxygens (including phenoxy) is 1. The van der Waals surface area contributed by atoms with Crippen molar-refractivity contribution in [3.05, 3.63) is 12.7 Å². The summed E-state index contributed by atoms with van der Waals surface area (Å²) in [5.41, 5.74) is 0. The molecule has 1 unspecified atom stereocenters. The lowest BCUT2D eigenvalue weighted by Crippen LogP contribution is -2.25. The summed E-state index contributed by atoms with van der Waals surface area (Å²) in [6, 6.07) is 0. The van der Waals surface area contributed by atoms with Gasteiger partial charge in [0.05, 0.1) is 12.2 Å². The Bertz CT molecular complexity index is 112. The van der Waals surface area contributed by atoms with E-state index in [4.69, 9.17) is 4.74 Å². The first-order valence-electron chi connectivity index (χ1n) is 4.63. The van der Waals surface area contributed by atoms with E-state index < -0.39 is 0 Å². The highest BCUT2D eigenvalue weighted by Crippen LogP contribution is 2.03. The standard InChI is InChI=1S/C10H20O2/c1-4-6-7-8-12-9(3)10(11)5-2/h4,9-11H,1,5-8H2,2-3H3/t9?,10-/m0/s1. The summed E-state index contributed by atoms with van der Waals surface area (Å²) >= 11 is 0. The molecular formula is C10H20O2. The average Bonchev–Trinajstić information content (AvgIpc) is 2.10. The first kappa shape index (κ1) is 11.7. The van der Waals surface area contributed by atoms with Crippen molar-refractivity contribution >= 4 is 0 Å². The van der Waals surface area contributed by atoms with Crippen LogP contribution in [0.4, 0.5) is 0 Å². The molecule has 0 bridgehead atoms. The van der Waals surface area contributed by atoms with Gasteiger partial charge in [-0.25, -0.2) is 0 Å². The highest BCUT2D eigenvalue weighted by Gasteiger charge is 2.11. The van der Waals surface area contributed by atoms with Gasteiger partial charge in [-0.15, -0.1) is 6.58 Å². The van der Waals surface area contributed by atoms with Gasteiger partial charge in [0.25, 0.3) is 0 Å². The van der Waals surface area contributed by atoms with Crippen molar-refractivity contribution in [1.82, 2.24) is 0 Å². The van der Waals surface area contributed by atoms with Crippen LogP contribution < -0.4 is 0 Å². The Morgan fingerprint density at radius 3 is 2.75 bits per heavy atom. The van der Waals surface area contributed by atoms with Crippen molar-refractivity contribution in [1.29, 1.82) is 0 Å². The number of unbranched alkanes of at least 4 members (excludes halogenated alkanes) is 1. The number of aliphatic hydroxyl groups excluding tert-OH is 1. The van der Waals surface area contributed by atoms with Crippen molar-refractivity contribution < 1.29 is 9.84 Å². The minimum atomic E-state index is -0.325. The van der Waals surface area contributed by atoms with Crippen LogP contribution in [0.3, 0.4) is 0 Å². The number of rotatable bonds is 7. The minimum absolute atomic E-state index is 0.0418. The highest BCUT2D eigenvalue weighted by molar-refractivity contribution is 4.66. The van der Waals surface area contributed by atoms with Crippen LogP contribution in [-0.2, 0) is 4.74 Å². The lowest BCUT2D eigenvalue weighted by Gasteiger charge is -2.17. The van der Waals surface area contributed by atoms with Crippen LogP contribution in [0, 0.1) is 0 Å². The summed E-state index contributed by atoms with van der Waals surface area (Å²) < 4.78 is 5.40. The molecule has 0 radical (unpaired) electrons. The molecule has 2 atom stereocenters. The molecule has 0 saturated carbocycles. The predicted octanol–water partition coefficient (Wildman–Crippen LogP) is 2.13. The van der Waals surface area contributed by atoms with Crippen LogP contribution in [0.15, 0.2) is 12.7 Å². The minimum Gasteiger partial charge on any atom is -0.390 e. The second-order valence-electron chi connectivity index (χ2n) is 2.98. The van der Waals surface area contributed by atoms with Crippen LogP contribution in [0.5, 0.6) is 0 Å². The maximum atomic E-state index is 9.34. The van der Waals surface area contributed by atoms with Gasteiger partial charge < -0.3 is 9.84 Å². The third-order valence-corrected chi connectivity index (χ3v) is 1.89. The van der Waals surface area contributed by atoms with Gasteiger partial charge in [0.15, 0.2) is 0 Å². The van der Waals surface area contributed by atoms with E-state index in [0.29, 0.717) is 6.61 Å². The monoisotopic (exact) mass is 172 g/mol. The molecule has 0 fully saturated rings. The zero-order valence-electron chi connectivity index (χ0n) is 8.12. The zero-order valence-corrected chi connectivity index (χ0v) is 8.12. The van der Waals surface area contributed by atoms with Gasteiger partial charge in [0.1, 0.15) is 0 Å². The predicted molar refractivity (Wildman–Crippen MR) is 51.1 cm³/mol. The van der Waals surface area contributed by atoms with Gasteiger partial charge in [-0.1, -0.05) is 13.0 Å². The molecule has 0 saturated heterocycles. The lowest BCUT2D eigenvalue weighted by molar-refractivity contribution is -0.0281. The molecule has 72 valence electrons. The van der Waals surface area contributed by atoms with E-state index >= 15 is 0 Å². The fraction of sp³-hybridized carbons (Fsp3) is 0.800. The molecule has 0 aliphatic rings. The van der Waals surface area contributed by atoms with Gasteiger partial charge in [-0.2, -0.15) is 0 Å². The molecular weight excluding hydrogens is 152 g/mol. The molecule has 0 aliphatic heterocycles. The second-order valence-corrected chi connectivity index (χ2v) is 2.98. The Morgan fingerprint density at radius 2 is 2.25 bits per heavy atom. The maximum absolute atomic E-state index is 9.34. The third-order valence-electron chi connectivity index (χ3n) is 1.89. The summed E-state index contributed by atoms with van der Waals surface area (Å²) in [4.78, 5) is 0. The van der Waals surface area contributed by atoms with Crippen LogP contribution in [0.2, 0.25) is 0 Å². The molecule has 0 aliphatic carbocycles. The Labute approximate surface area is 75.2 Å². The molecule has 0 aromatic heterocycles. The molecule has 12 heavy (non-hydrogen) atoms. The van der Waals surface area contributed by atoms with E-state index in [0.717, 1.165) is 19.3 Å². The van der Waals surface area contributed by atoms with Crippen LogP contribution in [-0.4, -0.2) is 23.9 Å². The van der Waals surface area contributed by atoms with Gasteiger partial charge in [-0.05, 0) is 26.2 Å². The molecule has 0 rings (SSSR count). The van der Waals surface area contributed by atoms with Crippen molar-refractivity contribution in [2.24, 2.45) is 0 Å². The summed E-state index contributed by atoms with van der Waals surface area (Å²) in [7, 11) is 0. The van der Waals surface area contributed by atoms with Gasteiger partial charge in [-0.3, -0.25) is 0 Å². The van der Waals surface area contributed by atoms with E-state index in [-0.39, 0.29) is 12.2 Å². The van der Waals surface area contributed by atoms with E-state index in [2.05, 4.69) is 6.58 Å². The van der Waals surface area contributed by atoms with Crippen molar-refractivity contribution in [3.63, 3.8) is 0 Å². The molecule has 0 aromatic rings. The summed E-state index contributed by atoms with van der Waals surface area (Å²) in [6.45, 7) is 8.19. The van der Waals surface area contributed by atoms with Gasteiger partial charge >= 0.3 is 0 Å². The molecule has 1 N–H and O–H groups in total. The van der Waals surface area contributed by atoms with Gasteiger partial charge in [0, 0.05) is 6.61 Å². The fourth-order valence-corrected chi connectivity index (χ4v) is 0.940. The van der Waals surface area contributed by atoms with Crippen molar-refractivity contribution in [3.8, 4) is 0 Å². The zero-order chi connectivity index (χ0) is 9.40. The molecule has 0 aromatic carbocycles. The van der Waals surface area contributed by atoms with Crippen LogP contribution in [0.25, 0.3) is 0 Å². The molecule has 2 nitrogen and oxygen atoms in total. The smallest absolute Gasteiger partial charge is 0.0805 e. The molecule has 2 heteroatoms. The Kier molecular flexibility index (Phi) is 7.11. The first-order valence-corrected chi connectivity index (χ1v) is 4.63. The van der Waals surface area contributed by atoms with Crippen molar-refractivity contribution in [2.45, 2.75) is 45.3 Å². The Balaban J connectivity index is 3.30. The topological polar surface area (TPSA) is 29.5 Å². The fourth-order valence-electron chi connectivity index (χ4n) is 0.940. The molecule has 0 heterocycles. The summed E-state index contributed by atoms with van der Waals surface area (Å²) in [6.07, 6.45) is 4.24. The molecule has 0 amide bonds. The van der Waals surface area contributed by atoms with E-state index in [1.54, 1.807) is 0 Å². The van der Waals surface area contributed by atoms with Crippen LogP contribution >= 0.6 is 0 Å². The maximum Gasteiger partial charge on any atom is 0.0805 e. The number of hydrogen-bond donors (Lipinski definition) is 1. The second kappa shape index (κ2) is 7.32. The Morgan fingerprint density at radius 1 is 1.58 bits per heavy atom. The SMILES string of the molecule is C=CCCCOC(C)[C@@H](O)CC. The quantitative estimate of drug-likeness (QED) is 0.471. The Hall–Kier alpha value is -0.340. The summed E-state index contributed by atoms with van der Waals surface area (Å²) in [5.74, 6) is 0. The normalized spacial score (nSPS) is 15.6. The third kappa shape index (κ3) is 5.33. The lowest BCUT2D eigenvalue weighted by atomic mass is 10.2. The first-order chi connectivity index (χ1) is 5.72. The number of aliphatic hydroxyl groups is 1. The summed E-state index contributed by atoms with van der Waals surface area (Å²) in [5, 5.41) is 9.34. The number of allylic oxidation sites excluding steroid dienone is 1. The molecule has 0 spiro atoms. The average molecular weight is 172 g/mol. The van der Waals surface area contributed by atoms with Crippen LogP contribution in [0.1, 0.15) is 33.1 Å². The number of hydrogen-bond acceptors (Lipinski definition) is 2. The largest absolute Gasteiger partial charge is 0.390 e. The van der Waals surface area contributed by atoms with E-state index in [9.17, 15) is 5.11 Å².